The Kier molecular flexibility index (Phi) is 6.83. The van der Waals surface area contributed by atoms with Gasteiger partial charge in [-0.2, -0.15) is 4.31 Å². The zero-order valence-electron chi connectivity index (χ0n) is 15.9. The van der Waals surface area contributed by atoms with Crippen molar-refractivity contribution in [2.24, 2.45) is 0 Å². The van der Waals surface area contributed by atoms with Crippen LogP contribution in [0.3, 0.4) is 0 Å². The molecule has 1 N–H and O–H groups in total. The number of nitrogens with zero attached hydrogens (tertiary/aromatic N) is 4. The Morgan fingerprint density at radius 2 is 1.96 bits per heavy atom. The first-order chi connectivity index (χ1) is 12.9. The fourth-order valence-electron chi connectivity index (χ4n) is 3.66. The number of nitrogens with one attached hydrogen (secondary N) is 1. The number of rotatable bonds is 6. The standard InChI is InChI=1S/C17H29N5O4S/c1-27(24,25)21(13-17(23)18-14-6-4-2-3-5-7-14)12-16-20-19-15-8-10-26-11-9-22(15)16/h14H,2-13H2,1H3,(H,18,23). The van der Waals surface area contributed by atoms with Crippen molar-refractivity contribution < 1.29 is 17.9 Å². The van der Waals surface area contributed by atoms with Crippen LogP contribution in [0, 0.1) is 0 Å². The van der Waals surface area contributed by atoms with E-state index in [0.717, 1.165) is 37.8 Å². The van der Waals surface area contributed by atoms with Crippen LogP contribution >= 0.6 is 0 Å². The number of fused-ring (bicyclic) bond motifs is 1. The topological polar surface area (TPSA) is 106 Å². The number of hydrogen-bond donors (Lipinski definition) is 1. The molecule has 1 aliphatic heterocycles. The number of hydrogen-bond acceptors (Lipinski definition) is 6. The van der Waals surface area contributed by atoms with Gasteiger partial charge in [0.2, 0.25) is 15.9 Å². The van der Waals surface area contributed by atoms with E-state index < -0.39 is 10.0 Å². The zero-order chi connectivity index (χ0) is 19.3. The molecule has 0 aromatic carbocycles. The molecule has 1 aliphatic carbocycles. The lowest BCUT2D eigenvalue weighted by molar-refractivity contribution is -0.122. The predicted octanol–water partition coefficient (Wildman–Crippen LogP) is 0.451. The lowest BCUT2D eigenvalue weighted by atomic mass is 10.1. The molecule has 2 aliphatic rings. The molecule has 1 saturated carbocycles. The van der Waals surface area contributed by atoms with Gasteiger partial charge in [0.15, 0.2) is 0 Å². The number of carbonyl (C=O) groups excluding carboxylic acids is 1. The average Bonchev–Trinajstić information content (AvgIpc) is 2.81. The molecular weight excluding hydrogens is 370 g/mol. The van der Waals surface area contributed by atoms with Crippen LogP contribution in [-0.4, -0.2) is 65.5 Å². The average molecular weight is 400 g/mol. The van der Waals surface area contributed by atoms with Gasteiger partial charge in [-0.1, -0.05) is 25.7 Å². The molecule has 0 unspecified atom stereocenters. The first-order valence-electron chi connectivity index (χ1n) is 9.66. The van der Waals surface area contributed by atoms with Gasteiger partial charge in [-0.15, -0.1) is 10.2 Å². The molecule has 27 heavy (non-hydrogen) atoms. The molecule has 0 saturated heterocycles. The molecule has 0 radical (unpaired) electrons. The van der Waals surface area contributed by atoms with Crippen molar-refractivity contribution in [3.05, 3.63) is 11.6 Å². The fraction of sp³-hybridized carbons (Fsp3) is 0.824. The maximum atomic E-state index is 12.5. The second-order valence-corrected chi connectivity index (χ2v) is 9.32. The summed E-state index contributed by atoms with van der Waals surface area (Å²) in [4.78, 5) is 12.5. The molecule has 1 aromatic rings. The lowest BCUT2D eigenvalue weighted by Crippen LogP contribution is -2.43. The maximum Gasteiger partial charge on any atom is 0.235 e. The Bertz CT molecular complexity index is 741. The van der Waals surface area contributed by atoms with Gasteiger partial charge < -0.3 is 14.6 Å². The SMILES string of the molecule is CS(=O)(=O)N(CC(=O)NC1CCCCCC1)Cc1nnc2n1CCOCC2. The van der Waals surface area contributed by atoms with Crippen molar-refractivity contribution in [2.75, 3.05) is 26.0 Å². The number of amides is 1. The minimum Gasteiger partial charge on any atom is -0.379 e. The molecule has 152 valence electrons. The summed E-state index contributed by atoms with van der Waals surface area (Å²) in [6, 6.07) is 0.142. The van der Waals surface area contributed by atoms with E-state index in [2.05, 4.69) is 15.5 Å². The third-order valence-electron chi connectivity index (χ3n) is 5.16. The van der Waals surface area contributed by atoms with E-state index in [-0.39, 0.29) is 25.0 Å². The summed E-state index contributed by atoms with van der Waals surface area (Å²) >= 11 is 0. The summed E-state index contributed by atoms with van der Waals surface area (Å²) in [5, 5.41) is 11.3. The highest BCUT2D eigenvalue weighted by molar-refractivity contribution is 7.88. The molecule has 2 heterocycles. The van der Waals surface area contributed by atoms with Crippen LogP contribution in [0.4, 0.5) is 0 Å². The van der Waals surface area contributed by atoms with Crippen LogP contribution in [0.1, 0.15) is 50.2 Å². The lowest BCUT2D eigenvalue weighted by Gasteiger charge is -2.22. The Hall–Kier alpha value is -1.52. The van der Waals surface area contributed by atoms with Crippen LogP contribution in [0.2, 0.25) is 0 Å². The molecule has 3 rings (SSSR count). The highest BCUT2D eigenvalue weighted by Gasteiger charge is 2.25. The number of carbonyl (C=O) groups is 1. The summed E-state index contributed by atoms with van der Waals surface area (Å²) in [7, 11) is -3.56. The van der Waals surface area contributed by atoms with Crippen molar-refractivity contribution >= 4 is 15.9 Å². The third-order valence-corrected chi connectivity index (χ3v) is 6.36. The van der Waals surface area contributed by atoms with Gasteiger partial charge in [0.25, 0.3) is 0 Å². The molecule has 1 fully saturated rings. The second-order valence-electron chi connectivity index (χ2n) is 7.33. The predicted molar refractivity (Wildman–Crippen MR) is 99.4 cm³/mol. The first-order valence-corrected chi connectivity index (χ1v) is 11.5. The number of ether oxygens (including phenoxy) is 1. The summed E-state index contributed by atoms with van der Waals surface area (Å²) in [6.07, 6.45) is 8.30. The highest BCUT2D eigenvalue weighted by Crippen LogP contribution is 2.17. The Morgan fingerprint density at radius 1 is 1.22 bits per heavy atom. The van der Waals surface area contributed by atoms with Gasteiger partial charge in [0, 0.05) is 19.0 Å². The van der Waals surface area contributed by atoms with Crippen molar-refractivity contribution in [2.45, 2.75) is 64.1 Å². The molecule has 10 heteroatoms. The van der Waals surface area contributed by atoms with E-state index in [1.807, 2.05) is 4.57 Å². The molecule has 0 spiro atoms. The van der Waals surface area contributed by atoms with Crippen LogP contribution in [0.15, 0.2) is 0 Å². The van der Waals surface area contributed by atoms with Crippen LogP contribution in [-0.2, 0) is 39.1 Å². The van der Waals surface area contributed by atoms with Gasteiger partial charge in [-0.3, -0.25) is 4.79 Å². The summed E-state index contributed by atoms with van der Waals surface area (Å²) in [5.74, 6) is 1.08. The minimum atomic E-state index is -3.56. The van der Waals surface area contributed by atoms with Crippen LogP contribution in [0.5, 0.6) is 0 Å². The maximum absolute atomic E-state index is 12.5. The molecular formula is C17H29N5O4S. The van der Waals surface area contributed by atoms with Crippen molar-refractivity contribution in [1.82, 2.24) is 24.4 Å². The molecule has 0 bridgehead atoms. The van der Waals surface area contributed by atoms with Gasteiger partial charge in [-0.25, -0.2) is 8.42 Å². The van der Waals surface area contributed by atoms with Crippen LogP contribution < -0.4 is 5.32 Å². The fourth-order valence-corrected chi connectivity index (χ4v) is 4.36. The molecule has 0 atom stereocenters. The van der Waals surface area contributed by atoms with Crippen molar-refractivity contribution in [1.29, 1.82) is 0 Å². The van der Waals surface area contributed by atoms with E-state index in [1.165, 1.54) is 17.1 Å². The van der Waals surface area contributed by atoms with Crippen molar-refractivity contribution in [3.63, 3.8) is 0 Å². The molecule has 1 amide bonds. The minimum absolute atomic E-state index is 0.0317. The Balaban J connectivity index is 1.66. The normalized spacial score (nSPS) is 19.3. The third kappa shape index (κ3) is 5.73. The number of sulfonamides is 1. The summed E-state index contributed by atoms with van der Waals surface area (Å²) in [6.45, 7) is 1.54. The van der Waals surface area contributed by atoms with Gasteiger partial charge in [0.05, 0.1) is 32.6 Å². The van der Waals surface area contributed by atoms with Gasteiger partial charge in [-0.05, 0) is 12.8 Å². The van der Waals surface area contributed by atoms with E-state index in [9.17, 15) is 13.2 Å². The van der Waals surface area contributed by atoms with Crippen molar-refractivity contribution in [3.8, 4) is 0 Å². The second kappa shape index (κ2) is 9.11. The largest absolute Gasteiger partial charge is 0.379 e. The van der Waals surface area contributed by atoms with Gasteiger partial charge in [0.1, 0.15) is 11.6 Å². The highest BCUT2D eigenvalue weighted by atomic mass is 32.2. The van der Waals surface area contributed by atoms with E-state index in [1.54, 1.807) is 0 Å². The summed E-state index contributed by atoms with van der Waals surface area (Å²) in [5.41, 5.74) is 0. The first kappa shape index (κ1) is 20.2. The van der Waals surface area contributed by atoms with E-state index in [0.29, 0.717) is 32.0 Å². The molecule has 9 nitrogen and oxygen atoms in total. The summed E-state index contributed by atoms with van der Waals surface area (Å²) < 4.78 is 33.0. The smallest absolute Gasteiger partial charge is 0.235 e. The quantitative estimate of drug-likeness (QED) is 0.696. The zero-order valence-corrected chi connectivity index (χ0v) is 16.7. The van der Waals surface area contributed by atoms with E-state index in [4.69, 9.17) is 4.74 Å². The number of aromatic nitrogens is 3. The Labute approximate surface area is 160 Å². The van der Waals surface area contributed by atoms with Crippen LogP contribution in [0.25, 0.3) is 0 Å². The Morgan fingerprint density at radius 3 is 2.67 bits per heavy atom. The van der Waals surface area contributed by atoms with Gasteiger partial charge >= 0.3 is 0 Å². The van der Waals surface area contributed by atoms with E-state index >= 15 is 0 Å². The molecule has 1 aromatic heterocycles. The monoisotopic (exact) mass is 399 g/mol.